The van der Waals surface area contributed by atoms with Crippen molar-refractivity contribution >= 4 is 0 Å². The predicted octanol–water partition coefficient (Wildman–Crippen LogP) is 0.707. The number of hydrogen-bond acceptors (Lipinski definition) is 3. The van der Waals surface area contributed by atoms with Crippen molar-refractivity contribution in [3.63, 3.8) is 0 Å². The SMILES string of the molecule is CCNCCN1CCOCC1(C)C. The molecule has 0 bridgehead atoms. The quantitative estimate of drug-likeness (QED) is 0.654. The number of rotatable bonds is 4. The van der Waals surface area contributed by atoms with Gasteiger partial charge in [0.15, 0.2) is 0 Å². The monoisotopic (exact) mass is 186 g/mol. The molecule has 1 fully saturated rings. The van der Waals surface area contributed by atoms with Gasteiger partial charge >= 0.3 is 0 Å². The molecule has 0 aromatic rings. The lowest BCUT2D eigenvalue weighted by molar-refractivity contribution is -0.0499. The van der Waals surface area contributed by atoms with Gasteiger partial charge in [0.2, 0.25) is 0 Å². The van der Waals surface area contributed by atoms with Crippen LogP contribution in [0.4, 0.5) is 0 Å². The first-order chi connectivity index (χ1) is 6.17. The zero-order valence-corrected chi connectivity index (χ0v) is 9.10. The minimum absolute atomic E-state index is 0.216. The van der Waals surface area contributed by atoms with Crippen molar-refractivity contribution in [2.75, 3.05) is 39.4 Å². The zero-order chi connectivity index (χ0) is 9.73. The Kier molecular flexibility index (Phi) is 4.16. The molecule has 13 heavy (non-hydrogen) atoms. The fraction of sp³-hybridized carbons (Fsp3) is 1.00. The fourth-order valence-corrected chi connectivity index (χ4v) is 1.70. The molecule has 1 saturated heterocycles. The average Bonchev–Trinajstić information content (AvgIpc) is 2.08. The van der Waals surface area contributed by atoms with Crippen LogP contribution in [0.5, 0.6) is 0 Å². The fourth-order valence-electron chi connectivity index (χ4n) is 1.70. The van der Waals surface area contributed by atoms with Gasteiger partial charge in [-0.15, -0.1) is 0 Å². The highest BCUT2D eigenvalue weighted by molar-refractivity contribution is 4.84. The molecule has 1 aliphatic rings. The van der Waals surface area contributed by atoms with E-state index in [1.165, 1.54) is 0 Å². The standard InChI is InChI=1S/C10H22N2O/c1-4-11-5-6-12-7-8-13-9-10(12,2)3/h11H,4-9H2,1-3H3. The van der Waals surface area contributed by atoms with Crippen molar-refractivity contribution in [3.8, 4) is 0 Å². The molecule has 1 heterocycles. The summed E-state index contributed by atoms with van der Waals surface area (Å²) in [5.41, 5.74) is 0.216. The van der Waals surface area contributed by atoms with Crippen molar-refractivity contribution in [1.82, 2.24) is 10.2 Å². The van der Waals surface area contributed by atoms with E-state index in [-0.39, 0.29) is 5.54 Å². The lowest BCUT2D eigenvalue weighted by Gasteiger charge is -2.42. The second-order valence-electron chi connectivity index (χ2n) is 4.21. The maximum atomic E-state index is 5.46. The molecule has 0 aromatic heterocycles. The lowest BCUT2D eigenvalue weighted by atomic mass is 10.0. The Morgan fingerprint density at radius 3 is 2.85 bits per heavy atom. The molecular weight excluding hydrogens is 164 g/mol. The van der Waals surface area contributed by atoms with E-state index < -0.39 is 0 Å². The van der Waals surface area contributed by atoms with Crippen LogP contribution in [0.1, 0.15) is 20.8 Å². The van der Waals surface area contributed by atoms with Gasteiger partial charge in [0.1, 0.15) is 0 Å². The summed E-state index contributed by atoms with van der Waals surface area (Å²) in [5, 5.41) is 3.35. The Labute approximate surface area is 81.4 Å². The maximum absolute atomic E-state index is 5.46. The molecule has 1 N–H and O–H groups in total. The Balaban J connectivity index is 2.29. The predicted molar refractivity (Wildman–Crippen MR) is 55.0 cm³/mol. The van der Waals surface area contributed by atoms with Crippen molar-refractivity contribution in [2.45, 2.75) is 26.3 Å². The first-order valence-electron chi connectivity index (χ1n) is 5.20. The summed E-state index contributed by atoms with van der Waals surface area (Å²) in [6, 6.07) is 0. The number of morpholine rings is 1. The molecule has 1 aliphatic heterocycles. The smallest absolute Gasteiger partial charge is 0.0645 e. The van der Waals surface area contributed by atoms with Gasteiger partial charge in [-0.2, -0.15) is 0 Å². The van der Waals surface area contributed by atoms with E-state index in [4.69, 9.17) is 4.74 Å². The Bertz CT molecular complexity index is 148. The summed E-state index contributed by atoms with van der Waals surface area (Å²) >= 11 is 0. The van der Waals surface area contributed by atoms with Crippen LogP contribution in [0.15, 0.2) is 0 Å². The van der Waals surface area contributed by atoms with Crippen molar-refractivity contribution in [1.29, 1.82) is 0 Å². The van der Waals surface area contributed by atoms with E-state index in [9.17, 15) is 0 Å². The third-order valence-electron chi connectivity index (χ3n) is 2.63. The summed E-state index contributed by atoms with van der Waals surface area (Å²) in [4.78, 5) is 2.50. The van der Waals surface area contributed by atoms with Crippen molar-refractivity contribution in [3.05, 3.63) is 0 Å². The number of likely N-dealkylation sites (N-methyl/N-ethyl adjacent to an activating group) is 1. The minimum Gasteiger partial charge on any atom is -0.378 e. The molecule has 0 amide bonds. The third kappa shape index (κ3) is 3.25. The highest BCUT2D eigenvalue weighted by Crippen LogP contribution is 2.17. The van der Waals surface area contributed by atoms with E-state index in [1.54, 1.807) is 0 Å². The molecule has 0 atom stereocenters. The molecular formula is C10H22N2O. The van der Waals surface area contributed by atoms with E-state index >= 15 is 0 Å². The molecule has 1 rings (SSSR count). The first-order valence-corrected chi connectivity index (χ1v) is 5.20. The second kappa shape index (κ2) is 4.94. The Hall–Kier alpha value is -0.120. The molecule has 78 valence electrons. The van der Waals surface area contributed by atoms with Gasteiger partial charge in [-0.3, -0.25) is 4.90 Å². The first kappa shape index (κ1) is 11.0. The summed E-state index contributed by atoms with van der Waals surface area (Å²) in [6.07, 6.45) is 0. The van der Waals surface area contributed by atoms with Crippen LogP contribution >= 0.6 is 0 Å². The van der Waals surface area contributed by atoms with Crippen LogP contribution in [0.3, 0.4) is 0 Å². The van der Waals surface area contributed by atoms with Gasteiger partial charge in [-0.05, 0) is 20.4 Å². The highest BCUT2D eigenvalue weighted by Gasteiger charge is 2.29. The topological polar surface area (TPSA) is 24.5 Å². The number of nitrogens with one attached hydrogen (secondary N) is 1. The van der Waals surface area contributed by atoms with E-state index in [1.807, 2.05) is 0 Å². The van der Waals surface area contributed by atoms with Gasteiger partial charge in [-0.25, -0.2) is 0 Å². The van der Waals surface area contributed by atoms with Crippen molar-refractivity contribution < 1.29 is 4.74 Å². The molecule has 0 spiro atoms. The van der Waals surface area contributed by atoms with Gasteiger partial charge in [0.05, 0.1) is 13.2 Å². The van der Waals surface area contributed by atoms with Gasteiger partial charge in [-0.1, -0.05) is 6.92 Å². The number of hydrogen-bond donors (Lipinski definition) is 1. The summed E-state index contributed by atoms with van der Waals surface area (Å²) in [6.45, 7) is 12.7. The minimum atomic E-state index is 0.216. The Morgan fingerprint density at radius 1 is 1.46 bits per heavy atom. The van der Waals surface area contributed by atoms with Crippen LogP contribution in [-0.4, -0.2) is 49.8 Å². The zero-order valence-electron chi connectivity index (χ0n) is 9.10. The molecule has 0 aromatic carbocycles. The molecule has 3 nitrogen and oxygen atoms in total. The van der Waals surface area contributed by atoms with Crippen molar-refractivity contribution in [2.24, 2.45) is 0 Å². The molecule has 0 aliphatic carbocycles. The van der Waals surface area contributed by atoms with Crippen LogP contribution in [-0.2, 0) is 4.74 Å². The van der Waals surface area contributed by atoms with E-state index in [0.717, 1.165) is 39.4 Å². The molecule has 0 unspecified atom stereocenters. The average molecular weight is 186 g/mol. The van der Waals surface area contributed by atoms with Crippen LogP contribution in [0.2, 0.25) is 0 Å². The summed E-state index contributed by atoms with van der Waals surface area (Å²) in [7, 11) is 0. The third-order valence-corrected chi connectivity index (χ3v) is 2.63. The second-order valence-corrected chi connectivity index (χ2v) is 4.21. The maximum Gasteiger partial charge on any atom is 0.0645 e. The Morgan fingerprint density at radius 2 is 2.23 bits per heavy atom. The van der Waals surface area contributed by atoms with Crippen LogP contribution in [0, 0.1) is 0 Å². The molecule has 0 radical (unpaired) electrons. The lowest BCUT2D eigenvalue weighted by Crippen LogP contribution is -2.54. The van der Waals surface area contributed by atoms with Gasteiger partial charge in [0.25, 0.3) is 0 Å². The summed E-state index contributed by atoms with van der Waals surface area (Å²) < 4.78 is 5.46. The summed E-state index contributed by atoms with van der Waals surface area (Å²) in [5.74, 6) is 0. The van der Waals surface area contributed by atoms with Crippen LogP contribution < -0.4 is 5.32 Å². The number of ether oxygens (including phenoxy) is 1. The van der Waals surface area contributed by atoms with Gasteiger partial charge in [0, 0.05) is 25.2 Å². The molecule has 3 heteroatoms. The normalized spacial score (nSPS) is 23.3. The van der Waals surface area contributed by atoms with E-state index in [0.29, 0.717) is 0 Å². The van der Waals surface area contributed by atoms with Crippen LogP contribution in [0.25, 0.3) is 0 Å². The molecule has 0 saturated carbocycles. The largest absolute Gasteiger partial charge is 0.378 e. The van der Waals surface area contributed by atoms with E-state index in [2.05, 4.69) is 31.0 Å². The van der Waals surface area contributed by atoms with Gasteiger partial charge < -0.3 is 10.1 Å². The highest BCUT2D eigenvalue weighted by atomic mass is 16.5. The number of nitrogens with zero attached hydrogens (tertiary/aromatic N) is 1.